The van der Waals surface area contributed by atoms with E-state index in [9.17, 15) is 9.00 Å². The van der Waals surface area contributed by atoms with Crippen LogP contribution in [0.1, 0.15) is 39.0 Å². The Morgan fingerprint density at radius 2 is 2.00 bits per heavy atom. The molecule has 1 aliphatic rings. The van der Waals surface area contributed by atoms with Gasteiger partial charge in [0.15, 0.2) is 0 Å². The van der Waals surface area contributed by atoms with E-state index in [1.165, 1.54) is 0 Å². The third kappa shape index (κ3) is 5.06. The maximum Gasteiger partial charge on any atom is 0.223 e. The highest BCUT2D eigenvalue weighted by Crippen LogP contribution is 2.28. The van der Waals surface area contributed by atoms with Crippen molar-refractivity contribution in [1.29, 1.82) is 0 Å². The van der Waals surface area contributed by atoms with Crippen LogP contribution >= 0.6 is 0 Å². The number of carbonyl (C=O) groups is 1. The normalized spacial score (nSPS) is 27.5. The lowest BCUT2D eigenvalue weighted by atomic mass is 9.81. The molecule has 0 radical (unpaired) electrons. The fraction of sp³-hybridized carbons (Fsp3) is 0.923. The lowest BCUT2D eigenvalue weighted by Crippen LogP contribution is -2.35. The third-order valence-electron chi connectivity index (χ3n) is 3.97. The maximum absolute atomic E-state index is 11.9. The number of amides is 1. The van der Waals surface area contributed by atoms with Crippen molar-refractivity contribution in [3.63, 3.8) is 0 Å². The molecule has 2 unspecified atom stereocenters. The summed E-state index contributed by atoms with van der Waals surface area (Å²) in [5, 5.41) is 3.12. The van der Waals surface area contributed by atoms with Gasteiger partial charge in [-0.25, -0.2) is 0 Å². The maximum atomic E-state index is 11.9. The summed E-state index contributed by atoms with van der Waals surface area (Å²) in [6.45, 7) is 3.33. The van der Waals surface area contributed by atoms with Gasteiger partial charge < -0.3 is 11.1 Å². The van der Waals surface area contributed by atoms with E-state index in [1.807, 2.05) is 6.92 Å². The van der Waals surface area contributed by atoms with Crippen molar-refractivity contribution in [1.82, 2.24) is 5.32 Å². The number of carbonyl (C=O) groups excluding carboxylic acids is 1. The van der Waals surface area contributed by atoms with Crippen LogP contribution < -0.4 is 11.1 Å². The Labute approximate surface area is 113 Å². The van der Waals surface area contributed by atoms with Gasteiger partial charge in [-0.1, -0.05) is 6.92 Å². The average Bonchev–Trinajstić information content (AvgIpc) is 2.38. The number of rotatable bonds is 6. The zero-order valence-corrected chi connectivity index (χ0v) is 12.3. The molecule has 106 valence electrons. The van der Waals surface area contributed by atoms with E-state index in [0.717, 1.165) is 38.6 Å². The largest absolute Gasteiger partial charge is 0.356 e. The minimum absolute atomic E-state index is 0.151. The van der Waals surface area contributed by atoms with Crippen molar-refractivity contribution in [3.05, 3.63) is 0 Å². The van der Waals surface area contributed by atoms with Crippen LogP contribution in [0, 0.1) is 11.8 Å². The first-order valence-corrected chi connectivity index (χ1v) is 8.46. The molecule has 1 saturated carbocycles. The molecule has 0 spiro atoms. The number of hydrogen-bond acceptors (Lipinski definition) is 3. The summed E-state index contributed by atoms with van der Waals surface area (Å²) in [5.41, 5.74) is 5.64. The van der Waals surface area contributed by atoms with Crippen molar-refractivity contribution < 1.29 is 9.00 Å². The third-order valence-corrected chi connectivity index (χ3v) is 5.34. The number of nitrogens with one attached hydrogen (secondary N) is 1. The van der Waals surface area contributed by atoms with Crippen LogP contribution in [0.5, 0.6) is 0 Å². The van der Waals surface area contributed by atoms with Gasteiger partial charge in [-0.3, -0.25) is 9.00 Å². The van der Waals surface area contributed by atoms with Gasteiger partial charge in [-0.05, 0) is 44.6 Å². The Balaban J connectivity index is 2.19. The highest BCUT2D eigenvalue weighted by molar-refractivity contribution is 7.84. The van der Waals surface area contributed by atoms with Gasteiger partial charge in [0.1, 0.15) is 0 Å². The van der Waals surface area contributed by atoms with E-state index >= 15 is 0 Å². The molecule has 0 aromatic rings. The molecule has 2 atom stereocenters. The summed E-state index contributed by atoms with van der Waals surface area (Å²) >= 11 is 0. The predicted molar refractivity (Wildman–Crippen MR) is 75.7 cm³/mol. The molecule has 18 heavy (non-hydrogen) atoms. The van der Waals surface area contributed by atoms with Crippen LogP contribution in [-0.2, 0) is 15.6 Å². The number of nitrogens with two attached hydrogens (primary N) is 1. The van der Waals surface area contributed by atoms with E-state index in [2.05, 4.69) is 5.32 Å². The topological polar surface area (TPSA) is 72.2 Å². The van der Waals surface area contributed by atoms with Gasteiger partial charge in [0.05, 0.1) is 0 Å². The first kappa shape index (κ1) is 15.6. The summed E-state index contributed by atoms with van der Waals surface area (Å²) in [6, 6.07) is 0. The standard InChI is InChI=1S/C13H26N2O2S/c1-10(18(2)17)7-8-15-13(16)12-5-3-11(9-14)4-6-12/h10-12H,3-9,14H2,1-2H3,(H,15,16). The molecule has 3 N–H and O–H groups in total. The molecule has 0 bridgehead atoms. The van der Waals surface area contributed by atoms with Crippen LogP contribution in [0.4, 0.5) is 0 Å². The molecule has 1 amide bonds. The van der Waals surface area contributed by atoms with E-state index < -0.39 is 10.8 Å². The van der Waals surface area contributed by atoms with Crippen LogP contribution in [0.25, 0.3) is 0 Å². The minimum atomic E-state index is -0.801. The van der Waals surface area contributed by atoms with Gasteiger partial charge in [0.2, 0.25) is 5.91 Å². The zero-order valence-electron chi connectivity index (χ0n) is 11.5. The van der Waals surface area contributed by atoms with E-state index in [4.69, 9.17) is 5.73 Å². The predicted octanol–water partition coefficient (Wildman–Crippen LogP) is 1.02. The van der Waals surface area contributed by atoms with Crippen molar-refractivity contribution in [2.75, 3.05) is 19.3 Å². The molecule has 0 heterocycles. The SMILES string of the molecule is CC(CCNC(=O)C1CCC(CN)CC1)S(C)=O. The van der Waals surface area contributed by atoms with E-state index in [0.29, 0.717) is 12.5 Å². The second-order valence-corrected chi connectivity index (χ2v) is 7.14. The second-order valence-electron chi connectivity index (χ2n) is 5.34. The fourth-order valence-electron chi connectivity index (χ4n) is 2.37. The van der Waals surface area contributed by atoms with Gasteiger partial charge in [-0.2, -0.15) is 0 Å². The first-order valence-electron chi connectivity index (χ1n) is 6.84. The molecule has 0 aliphatic heterocycles. The lowest BCUT2D eigenvalue weighted by molar-refractivity contribution is -0.126. The molecular weight excluding hydrogens is 248 g/mol. The Morgan fingerprint density at radius 1 is 1.39 bits per heavy atom. The fourth-order valence-corrected chi connectivity index (χ4v) is 2.82. The number of hydrogen-bond donors (Lipinski definition) is 2. The van der Waals surface area contributed by atoms with Gasteiger partial charge in [0, 0.05) is 34.8 Å². The zero-order chi connectivity index (χ0) is 13.5. The van der Waals surface area contributed by atoms with E-state index in [1.54, 1.807) is 6.26 Å². The second kappa shape index (κ2) is 7.89. The van der Waals surface area contributed by atoms with Crippen LogP contribution in [0.2, 0.25) is 0 Å². The molecular formula is C13H26N2O2S. The molecule has 4 nitrogen and oxygen atoms in total. The quantitative estimate of drug-likeness (QED) is 0.760. The summed E-state index contributed by atoms with van der Waals surface area (Å²) in [4.78, 5) is 11.9. The Kier molecular flexibility index (Phi) is 6.86. The lowest BCUT2D eigenvalue weighted by Gasteiger charge is -2.26. The van der Waals surface area contributed by atoms with Crippen molar-refractivity contribution in [3.8, 4) is 0 Å². The van der Waals surface area contributed by atoms with Crippen molar-refractivity contribution in [2.24, 2.45) is 17.6 Å². The minimum Gasteiger partial charge on any atom is -0.356 e. The highest BCUT2D eigenvalue weighted by atomic mass is 32.2. The highest BCUT2D eigenvalue weighted by Gasteiger charge is 2.25. The van der Waals surface area contributed by atoms with Gasteiger partial charge in [0.25, 0.3) is 0 Å². The van der Waals surface area contributed by atoms with Gasteiger partial charge in [-0.15, -0.1) is 0 Å². The molecule has 5 heteroatoms. The molecule has 0 aromatic heterocycles. The van der Waals surface area contributed by atoms with Crippen LogP contribution in [0.15, 0.2) is 0 Å². The van der Waals surface area contributed by atoms with Crippen molar-refractivity contribution >= 4 is 16.7 Å². The Bertz CT molecular complexity index is 289. The van der Waals surface area contributed by atoms with Crippen LogP contribution in [-0.4, -0.2) is 34.7 Å². The summed E-state index contributed by atoms with van der Waals surface area (Å²) in [7, 11) is -0.801. The van der Waals surface area contributed by atoms with E-state index in [-0.39, 0.29) is 17.1 Å². The summed E-state index contributed by atoms with van der Waals surface area (Å²) < 4.78 is 11.2. The molecule has 1 rings (SSSR count). The smallest absolute Gasteiger partial charge is 0.223 e. The molecule has 0 aromatic carbocycles. The van der Waals surface area contributed by atoms with Crippen molar-refractivity contribution in [2.45, 2.75) is 44.3 Å². The molecule has 0 saturated heterocycles. The van der Waals surface area contributed by atoms with Crippen LogP contribution in [0.3, 0.4) is 0 Å². The molecule has 1 fully saturated rings. The Morgan fingerprint density at radius 3 is 2.50 bits per heavy atom. The monoisotopic (exact) mass is 274 g/mol. The summed E-state index contributed by atoms with van der Waals surface area (Å²) in [6.07, 6.45) is 6.56. The average molecular weight is 274 g/mol. The summed E-state index contributed by atoms with van der Waals surface area (Å²) in [5.74, 6) is 0.936. The molecule has 1 aliphatic carbocycles. The van der Waals surface area contributed by atoms with Gasteiger partial charge >= 0.3 is 0 Å². The Hall–Kier alpha value is -0.420. The first-order chi connectivity index (χ1) is 8.54.